The first-order valence-electron chi connectivity index (χ1n) is 15.3. The summed E-state index contributed by atoms with van der Waals surface area (Å²) in [7, 11) is 0.932. The van der Waals surface area contributed by atoms with E-state index in [1.54, 1.807) is 0 Å². The van der Waals surface area contributed by atoms with Gasteiger partial charge in [0, 0.05) is 7.11 Å². The summed E-state index contributed by atoms with van der Waals surface area (Å²) in [6, 6.07) is 4.96. The molecule has 0 amide bonds. The Morgan fingerprint density at radius 1 is 0.393 bits per heavy atom. The molecule has 0 aliphatic carbocycles. The lowest BCUT2D eigenvalue weighted by molar-refractivity contribution is -0.330. The Kier molecular flexibility index (Phi) is 10.8. The van der Waals surface area contributed by atoms with Crippen molar-refractivity contribution in [3.05, 3.63) is 70.8 Å². The second-order valence-electron chi connectivity index (χ2n) is 11.6. The molecule has 5 rings (SSSR count). The quantitative estimate of drug-likeness (QED) is 0.0646. The number of benzene rings is 4. The molecule has 22 heteroatoms. The fourth-order valence-electron chi connectivity index (χ4n) is 5.08. The number of phenolic OH excluding ortho intramolecular Hbond substituents is 12. The first-order valence-corrected chi connectivity index (χ1v) is 15.3. The molecule has 0 bridgehead atoms. The highest BCUT2D eigenvalue weighted by molar-refractivity contribution is 5.94. The van der Waals surface area contributed by atoms with Crippen LogP contribution in [0.2, 0.25) is 0 Å². The molecule has 5 atom stereocenters. The van der Waals surface area contributed by atoms with Crippen molar-refractivity contribution in [1.82, 2.24) is 0 Å². The molecule has 0 saturated carbocycles. The van der Waals surface area contributed by atoms with Crippen molar-refractivity contribution in [2.45, 2.75) is 30.9 Å². The number of ether oxygens (including phenoxy) is 6. The van der Waals surface area contributed by atoms with Gasteiger partial charge in [-0.25, -0.2) is 19.2 Å². The first kappa shape index (κ1) is 39.5. The van der Waals surface area contributed by atoms with Crippen LogP contribution in [0.15, 0.2) is 48.5 Å². The van der Waals surface area contributed by atoms with Crippen molar-refractivity contribution < 1.29 is 109 Å². The monoisotopic (exact) mass is 788 g/mol. The minimum atomic E-state index is -2.35. The Morgan fingerprint density at radius 3 is 0.893 bits per heavy atom. The maximum atomic E-state index is 13.6. The summed E-state index contributed by atoms with van der Waals surface area (Å²) >= 11 is 0. The number of aromatic hydroxyl groups is 12. The van der Waals surface area contributed by atoms with Gasteiger partial charge in [-0.05, 0) is 48.5 Å². The van der Waals surface area contributed by atoms with Gasteiger partial charge in [-0.2, -0.15) is 0 Å². The molecule has 4 aromatic carbocycles. The smallest absolute Gasteiger partial charge is 0.340 e. The number of esters is 4. The molecule has 2 unspecified atom stereocenters. The van der Waals surface area contributed by atoms with Crippen LogP contribution in [0.1, 0.15) is 41.4 Å². The number of hydrogen-bond donors (Lipinski definition) is 12. The average molecular weight is 789 g/mol. The van der Waals surface area contributed by atoms with Gasteiger partial charge in [0.1, 0.15) is 0 Å². The van der Waals surface area contributed by atoms with Gasteiger partial charge in [0.2, 0.25) is 18.7 Å². The molecule has 1 aliphatic rings. The number of hydrogen-bond acceptors (Lipinski definition) is 22. The van der Waals surface area contributed by atoms with Gasteiger partial charge in [0.05, 0.1) is 22.3 Å². The van der Waals surface area contributed by atoms with Crippen LogP contribution < -0.4 is 0 Å². The number of carbonyl (C=O) groups excluding carboxylic acids is 4. The van der Waals surface area contributed by atoms with E-state index in [4.69, 9.17) is 28.4 Å². The fourth-order valence-corrected chi connectivity index (χ4v) is 5.08. The molecule has 0 spiro atoms. The molecule has 0 aromatic heterocycles. The number of methoxy groups -OCH3 is 1. The van der Waals surface area contributed by atoms with Crippen molar-refractivity contribution >= 4 is 23.9 Å². The SMILES string of the molecule is CO[C@@H]1OC(OC(=O)c2cc(O)c(O)c(O)c2)[C@@H](OC(=O)c2cc(O)c(O)c(O)c2)[C@H](OC(=O)c2cc(O)c(O)c(O)c2)C1OC(=O)c1cc(O)c(O)c(O)c1. The van der Waals surface area contributed by atoms with E-state index >= 15 is 0 Å². The Labute approximate surface area is 310 Å². The summed E-state index contributed by atoms with van der Waals surface area (Å²) in [5, 5.41) is 119. The van der Waals surface area contributed by atoms with Gasteiger partial charge in [0.25, 0.3) is 0 Å². The number of carbonyl (C=O) groups is 4. The van der Waals surface area contributed by atoms with Gasteiger partial charge < -0.3 is 89.7 Å². The Morgan fingerprint density at radius 2 is 0.625 bits per heavy atom. The van der Waals surface area contributed by atoms with Crippen LogP contribution in [0.5, 0.6) is 69.0 Å². The molecular formula is C34H28O22. The molecule has 12 N–H and O–H groups in total. The van der Waals surface area contributed by atoms with E-state index in [9.17, 15) is 80.5 Å². The predicted molar refractivity (Wildman–Crippen MR) is 174 cm³/mol. The average Bonchev–Trinajstić information content (AvgIpc) is 3.14. The fraction of sp³-hybridized carbons (Fsp3) is 0.176. The van der Waals surface area contributed by atoms with Gasteiger partial charge in [-0.3, -0.25) is 0 Å². The van der Waals surface area contributed by atoms with Gasteiger partial charge in [-0.1, -0.05) is 0 Å². The van der Waals surface area contributed by atoms with E-state index in [2.05, 4.69) is 0 Å². The van der Waals surface area contributed by atoms with Crippen LogP contribution in [0.25, 0.3) is 0 Å². The minimum Gasteiger partial charge on any atom is -0.504 e. The van der Waals surface area contributed by atoms with Crippen LogP contribution in [0.4, 0.5) is 0 Å². The normalized spacial score (nSPS) is 19.1. The zero-order valence-corrected chi connectivity index (χ0v) is 28.0. The number of rotatable bonds is 9. The molecule has 296 valence electrons. The molecule has 1 saturated heterocycles. The Hall–Kier alpha value is -7.72. The molecule has 0 radical (unpaired) electrons. The number of phenols is 12. The summed E-state index contributed by atoms with van der Waals surface area (Å²) in [4.78, 5) is 53.8. The van der Waals surface area contributed by atoms with Gasteiger partial charge >= 0.3 is 23.9 Å². The lowest BCUT2D eigenvalue weighted by Crippen LogP contribution is -2.62. The maximum absolute atomic E-state index is 13.6. The molecular weight excluding hydrogens is 760 g/mol. The van der Waals surface area contributed by atoms with Crippen LogP contribution in [-0.4, -0.2) is 123 Å². The maximum Gasteiger partial charge on any atom is 0.340 e. The van der Waals surface area contributed by atoms with E-state index in [0.29, 0.717) is 48.5 Å². The van der Waals surface area contributed by atoms with E-state index in [1.165, 1.54) is 0 Å². The lowest BCUT2D eigenvalue weighted by Gasteiger charge is -2.43. The Balaban J connectivity index is 1.64. The third-order valence-corrected chi connectivity index (χ3v) is 7.86. The highest BCUT2D eigenvalue weighted by Crippen LogP contribution is 2.41. The highest BCUT2D eigenvalue weighted by Gasteiger charge is 2.55. The van der Waals surface area contributed by atoms with E-state index in [1.807, 2.05) is 0 Å². The summed E-state index contributed by atoms with van der Waals surface area (Å²) in [5.74, 6) is -18.4. The van der Waals surface area contributed by atoms with E-state index in [-0.39, 0.29) is 0 Å². The summed E-state index contributed by atoms with van der Waals surface area (Å²) < 4.78 is 32.7. The van der Waals surface area contributed by atoms with Crippen LogP contribution in [-0.2, 0) is 28.4 Å². The zero-order valence-electron chi connectivity index (χ0n) is 28.0. The first-order chi connectivity index (χ1) is 26.3. The molecule has 22 nitrogen and oxygen atoms in total. The largest absolute Gasteiger partial charge is 0.504 e. The van der Waals surface area contributed by atoms with Crippen LogP contribution in [0.3, 0.4) is 0 Å². The van der Waals surface area contributed by atoms with Crippen LogP contribution >= 0.6 is 0 Å². The summed E-state index contributed by atoms with van der Waals surface area (Å²) in [5.41, 5.74) is -2.75. The van der Waals surface area contributed by atoms with Gasteiger partial charge in [-0.15, -0.1) is 0 Å². The standard InChI is InChI=1S/C34H28O22/c1-51-33-27(53-30(48)11-4-16(37)23(44)17(38)5-11)26(52-29(47)10-2-14(35)22(43)15(36)3-10)28(54-31(49)12-6-18(39)24(45)19(40)7-12)34(56-33)55-32(50)13-8-20(41)25(46)21(42)9-13/h2-9,26-28,33-46H,1H3/t26-,27?,28+,33-,34?/m1/s1. The van der Waals surface area contributed by atoms with Crippen molar-refractivity contribution in [2.75, 3.05) is 7.11 Å². The molecule has 4 aromatic rings. The lowest BCUT2D eigenvalue weighted by atomic mass is 10.0. The van der Waals surface area contributed by atoms with Gasteiger partial charge in [0.15, 0.2) is 81.2 Å². The van der Waals surface area contributed by atoms with E-state index < -0.39 is 146 Å². The molecule has 56 heavy (non-hydrogen) atoms. The van der Waals surface area contributed by atoms with Crippen LogP contribution in [0, 0.1) is 0 Å². The topological polar surface area (TPSA) is 366 Å². The van der Waals surface area contributed by atoms with E-state index in [0.717, 1.165) is 7.11 Å². The minimum absolute atomic E-state index is 0.604. The highest BCUT2D eigenvalue weighted by atomic mass is 16.8. The van der Waals surface area contributed by atoms with Crippen molar-refractivity contribution in [3.8, 4) is 69.0 Å². The van der Waals surface area contributed by atoms with Crippen molar-refractivity contribution in [1.29, 1.82) is 0 Å². The zero-order chi connectivity index (χ0) is 41.3. The summed E-state index contributed by atoms with van der Waals surface area (Å²) in [6.07, 6.45) is -11.1. The third kappa shape index (κ3) is 7.80. The second-order valence-corrected chi connectivity index (χ2v) is 11.6. The van der Waals surface area contributed by atoms with Crippen molar-refractivity contribution in [2.24, 2.45) is 0 Å². The predicted octanol–water partition coefficient (Wildman–Crippen LogP) is 1.32. The molecule has 1 fully saturated rings. The summed E-state index contributed by atoms with van der Waals surface area (Å²) in [6.45, 7) is 0. The Bertz CT molecular complexity index is 2140. The van der Waals surface area contributed by atoms with Crippen molar-refractivity contribution in [3.63, 3.8) is 0 Å². The molecule has 1 heterocycles. The third-order valence-electron chi connectivity index (χ3n) is 7.86. The second kappa shape index (κ2) is 15.3. The molecule has 1 aliphatic heterocycles.